The van der Waals surface area contributed by atoms with Crippen LogP contribution < -0.4 is 0 Å². The zero-order valence-electron chi connectivity index (χ0n) is 30.1. The van der Waals surface area contributed by atoms with Gasteiger partial charge in [-0.3, -0.25) is 4.98 Å². The molecule has 2 heterocycles. The summed E-state index contributed by atoms with van der Waals surface area (Å²) in [6.07, 6.45) is 20.1. The number of thiazole rings is 1. The van der Waals surface area contributed by atoms with Crippen molar-refractivity contribution >= 4 is 21.6 Å². The summed E-state index contributed by atoms with van der Waals surface area (Å²) in [4.78, 5) is 9.77. The second kappa shape index (κ2) is 16.3. The number of nitrogens with zero attached hydrogens (tertiary/aromatic N) is 2. The second-order valence-corrected chi connectivity index (χ2v) is 15.5. The topological polar surface area (TPSA) is 25.8 Å². The fourth-order valence-corrected chi connectivity index (χ4v) is 9.23. The maximum absolute atomic E-state index is 5.11. The first-order chi connectivity index (χ1) is 24.7. The highest BCUT2D eigenvalue weighted by atomic mass is 32.1. The van der Waals surface area contributed by atoms with Crippen molar-refractivity contribution in [2.75, 3.05) is 0 Å². The molecule has 50 heavy (non-hydrogen) atoms. The Morgan fingerprint density at radius 2 is 1.12 bits per heavy atom. The van der Waals surface area contributed by atoms with Crippen LogP contribution >= 0.6 is 11.3 Å². The number of hydrogen-bond acceptors (Lipinski definition) is 3. The molecule has 0 N–H and O–H groups in total. The van der Waals surface area contributed by atoms with Crippen LogP contribution in [0.4, 0.5) is 0 Å². The highest BCUT2D eigenvalue weighted by Crippen LogP contribution is 2.56. The number of unbranched alkanes of at least 4 members (excludes halogenated alkanes) is 10. The molecule has 1 aliphatic rings. The van der Waals surface area contributed by atoms with Crippen LogP contribution in [0.25, 0.3) is 54.3 Å². The van der Waals surface area contributed by atoms with E-state index in [9.17, 15) is 0 Å². The molecule has 3 heteroatoms. The molecule has 0 aliphatic heterocycles. The lowest BCUT2D eigenvalue weighted by Crippen LogP contribution is -2.25. The van der Waals surface area contributed by atoms with Gasteiger partial charge >= 0.3 is 0 Å². The third kappa shape index (κ3) is 7.35. The Bertz CT molecular complexity index is 1960. The zero-order chi connectivity index (χ0) is 34.2. The minimum atomic E-state index is 0.00147. The van der Waals surface area contributed by atoms with E-state index < -0.39 is 0 Å². The van der Waals surface area contributed by atoms with E-state index in [1.54, 1.807) is 0 Å². The molecule has 0 bridgehead atoms. The highest BCUT2D eigenvalue weighted by molar-refractivity contribution is 7.21. The van der Waals surface area contributed by atoms with Gasteiger partial charge in [-0.2, -0.15) is 0 Å². The van der Waals surface area contributed by atoms with Crippen molar-refractivity contribution in [1.29, 1.82) is 0 Å². The number of benzene rings is 4. The van der Waals surface area contributed by atoms with E-state index in [4.69, 9.17) is 4.98 Å². The van der Waals surface area contributed by atoms with Gasteiger partial charge in [0, 0.05) is 22.7 Å². The Labute approximate surface area is 304 Å². The molecule has 0 fully saturated rings. The number of aromatic nitrogens is 2. The quantitative estimate of drug-likeness (QED) is 0.0899. The van der Waals surface area contributed by atoms with E-state index in [1.807, 2.05) is 23.6 Å². The SMILES string of the molecule is CCCCCCCCC1(CCCCCCCC)c2cc(-c3cccc(-c4ccccn4)c3)ccc2-c2ccc(-c3nc4ccccc4s3)cc21. The predicted octanol–water partition coefficient (Wildman–Crippen LogP) is 14.5. The highest BCUT2D eigenvalue weighted by Gasteiger charge is 2.42. The van der Waals surface area contributed by atoms with Gasteiger partial charge in [-0.15, -0.1) is 11.3 Å². The molecular formula is C47H52N2S. The van der Waals surface area contributed by atoms with Gasteiger partial charge in [-0.1, -0.05) is 152 Å². The molecule has 0 spiro atoms. The summed E-state index contributed by atoms with van der Waals surface area (Å²) in [5.74, 6) is 0. The molecule has 2 aromatic heterocycles. The van der Waals surface area contributed by atoms with Crippen LogP contribution in [-0.4, -0.2) is 9.97 Å². The first-order valence-electron chi connectivity index (χ1n) is 19.4. The zero-order valence-corrected chi connectivity index (χ0v) is 30.9. The summed E-state index contributed by atoms with van der Waals surface area (Å²) >= 11 is 1.82. The number of hydrogen-bond donors (Lipinski definition) is 0. The summed E-state index contributed by atoms with van der Waals surface area (Å²) < 4.78 is 1.26. The van der Waals surface area contributed by atoms with Crippen molar-refractivity contribution in [1.82, 2.24) is 9.97 Å². The smallest absolute Gasteiger partial charge is 0.124 e. The lowest BCUT2D eigenvalue weighted by Gasteiger charge is -2.33. The molecular weight excluding hydrogens is 625 g/mol. The van der Waals surface area contributed by atoms with Crippen LogP contribution in [0.2, 0.25) is 0 Å². The van der Waals surface area contributed by atoms with Crippen LogP contribution in [0.1, 0.15) is 115 Å². The number of para-hydroxylation sites is 1. The van der Waals surface area contributed by atoms with Gasteiger partial charge < -0.3 is 0 Å². The Hall–Kier alpha value is -4.08. The minimum absolute atomic E-state index is 0.00147. The Morgan fingerprint density at radius 1 is 0.520 bits per heavy atom. The van der Waals surface area contributed by atoms with E-state index in [2.05, 4.69) is 116 Å². The summed E-state index contributed by atoms with van der Waals surface area (Å²) in [6.45, 7) is 4.63. The van der Waals surface area contributed by atoms with Crippen LogP contribution in [0.5, 0.6) is 0 Å². The van der Waals surface area contributed by atoms with E-state index >= 15 is 0 Å². The van der Waals surface area contributed by atoms with E-state index in [0.29, 0.717) is 0 Å². The Morgan fingerprint density at radius 3 is 1.80 bits per heavy atom. The lowest BCUT2D eigenvalue weighted by molar-refractivity contribution is 0.398. The van der Waals surface area contributed by atoms with Crippen molar-refractivity contribution in [3.63, 3.8) is 0 Å². The molecule has 7 rings (SSSR count). The van der Waals surface area contributed by atoms with Gasteiger partial charge in [0.1, 0.15) is 5.01 Å². The molecule has 0 atom stereocenters. The van der Waals surface area contributed by atoms with Gasteiger partial charge in [-0.25, -0.2) is 4.98 Å². The van der Waals surface area contributed by atoms with Crippen molar-refractivity contribution in [3.8, 4) is 44.1 Å². The van der Waals surface area contributed by atoms with Gasteiger partial charge in [0.15, 0.2) is 0 Å². The predicted molar refractivity (Wildman–Crippen MR) is 216 cm³/mol. The van der Waals surface area contributed by atoms with Crippen LogP contribution in [0.15, 0.2) is 109 Å². The first-order valence-corrected chi connectivity index (χ1v) is 20.2. The monoisotopic (exact) mass is 676 g/mol. The Kier molecular flexibility index (Phi) is 11.2. The van der Waals surface area contributed by atoms with Crippen LogP contribution in [0, 0.1) is 0 Å². The number of fused-ring (bicyclic) bond motifs is 4. The second-order valence-electron chi connectivity index (χ2n) is 14.4. The molecule has 4 aromatic carbocycles. The van der Waals surface area contributed by atoms with Crippen molar-refractivity contribution in [2.45, 2.75) is 109 Å². The molecule has 6 aromatic rings. The van der Waals surface area contributed by atoms with Gasteiger partial charge in [0.25, 0.3) is 0 Å². The minimum Gasteiger partial charge on any atom is -0.256 e. The maximum Gasteiger partial charge on any atom is 0.124 e. The normalized spacial score (nSPS) is 13.1. The summed E-state index contributed by atoms with van der Waals surface area (Å²) in [6, 6.07) is 38.3. The number of rotatable bonds is 17. The summed E-state index contributed by atoms with van der Waals surface area (Å²) in [5.41, 5.74) is 13.0. The maximum atomic E-state index is 5.11. The van der Waals surface area contributed by atoms with E-state index in [0.717, 1.165) is 21.8 Å². The van der Waals surface area contributed by atoms with Gasteiger partial charge in [0.2, 0.25) is 0 Å². The van der Waals surface area contributed by atoms with Gasteiger partial charge in [-0.05, 0) is 88.7 Å². The Balaban J connectivity index is 1.31. The van der Waals surface area contributed by atoms with Crippen molar-refractivity contribution in [2.24, 2.45) is 0 Å². The van der Waals surface area contributed by atoms with Crippen molar-refractivity contribution in [3.05, 3.63) is 120 Å². The van der Waals surface area contributed by atoms with E-state index in [-0.39, 0.29) is 5.41 Å². The molecule has 0 saturated carbocycles. The third-order valence-corrected chi connectivity index (χ3v) is 12.1. The fraction of sp³-hybridized carbons (Fsp3) is 0.362. The third-order valence-electron chi connectivity index (χ3n) is 11.0. The van der Waals surface area contributed by atoms with Crippen LogP contribution in [-0.2, 0) is 5.41 Å². The average Bonchev–Trinajstić information content (AvgIpc) is 3.72. The summed E-state index contributed by atoms with van der Waals surface area (Å²) in [5, 5.41) is 1.13. The molecule has 0 amide bonds. The fourth-order valence-electron chi connectivity index (χ4n) is 8.27. The molecule has 256 valence electrons. The number of pyridine rings is 1. The van der Waals surface area contributed by atoms with Crippen molar-refractivity contribution < 1.29 is 0 Å². The molecule has 2 nitrogen and oxygen atoms in total. The molecule has 0 unspecified atom stereocenters. The molecule has 0 radical (unpaired) electrons. The lowest BCUT2D eigenvalue weighted by atomic mass is 9.70. The van der Waals surface area contributed by atoms with Crippen LogP contribution in [0.3, 0.4) is 0 Å². The molecule has 0 saturated heterocycles. The first kappa shape index (κ1) is 34.4. The van der Waals surface area contributed by atoms with Gasteiger partial charge in [0.05, 0.1) is 15.9 Å². The van der Waals surface area contributed by atoms with E-state index in [1.165, 1.54) is 134 Å². The summed E-state index contributed by atoms with van der Waals surface area (Å²) in [7, 11) is 0. The molecule has 1 aliphatic carbocycles. The average molecular weight is 677 g/mol. The largest absolute Gasteiger partial charge is 0.256 e. The standard InChI is InChI=1S/C47H52N2S/c1-3-5-7-9-11-16-29-47(30-17-12-10-8-6-4-2)41-33-36(35-20-19-21-37(32-35)43-22-15-18-31-48-43)25-27-39(41)40-28-26-38(34-42(40)47)46-49-44-23-13-14-24-45(44)50-46/h13-15,18-28,31-34H,3-12,16-17,29-30H2,1-2H3.